The Kier molecular flexibility index (Phi) is 4.97. The number of carbonyl (C=O) groups excluding carboxylic acids is 1. The Balaban J connectivity index is 1.61. The third-order valence-corrected chi connectivity index (χ3v) is 4.70. The molecule has 3 aromatic rings. The minimum absolute atomic E-state index is 0.170. The third kappa shape index (κ3) is 3.43. The standard InChI is InChI=1S/C21H21N3O4/c1-2-3-10-24-21(26)16-7-5-4-6-15(16)19(23-24)20(25)22-12-14-8-9-17-18(11-14)28-13-27-17/h4-9,11H,2-3,10,12-13H2,1H3,(H,22,25). The quantitative estimate of drug-likeness (QED) is 0.712. The van der Waals surface area contributed by atoms with Gasteiger partial charge in [0.15, 0.2) is 17.2 Å². The van der Waals surface area contributed by atoms with Gasteiger partial charge in [0.1, 0.15) is 0 Å². The van der Waals surface area contributed by atoms with Crippen molar-refractivity contribution in [1.82, 2.24) is 15.1 Å². The molecule has 2 heterocycles. The van der Waals surface area contributed by atoms with Crippen LogP contribution in [0.2, 0.25) is 0 Å². The maximum atomic E-state index is 12.9. The summed E-state index contributed by atoms with van der Waals surface area (Å²) in [6.07, 6.45) is 1.76. The zero-order chi connectivity index (χ0) is 19.5. The fourth-order valence-electron chi connectivity index (χ4n) is 3.18. The predicted octanol–water partition coefficient (Wildman–Crippen LogP) is 2.86. The van der Waals surface area contributed by atoms with Crippen LogP contribution < -0.4 is 20.3 Å². The number of nitrogens with zero attached hydrogens (tertiary/aromatic N) is 2. The Morgan fingerprint density at radius 1 is 1.14 bits per heavy atom. The molecule has 28 heavy (non-hydrogen) atoms. The van der Waals surface area contributed by atoms with Crippen LogP contribution in [0.1, 0.15) is 35.8 Å². The number of hydrogen-bond donors (Lipinski definition) is 1. The van der Waals surface area contributed by atoms with Crippen LogP contribution in [0.25, 0.3) is 10.8 Å². The Bertz CT molecular complexity index is 1090. The minimum atomic E-state index is -0.320. The van der Waals surface area contributed by atoms with Crippen LogP contribution in [-0.4, -0.2) is 22.5 Å². The number of hydrogen-bond acceptors (Lipinski definition) is 5. The van der Waals surface area contributed by atoms with Crippen LogP contribution in [0.5, 0.6) is 11.5 Å². The van der Waals surface area contributed by atoms with Crippen molar-refractivity contribution >= 4 is 16.7 Å². The second-order valence-corrected chi connectivity index (χ2v) is 6.65. The first-order valence-electron chi connectivity index (χ1n) is 9.34. The molecular weight excluding hydrogens is 358 g/mol. The van der Waals surface area contributed by atoms with Crippen LogP contribution in [0.4, 0.5) is 0 Å². The van der Waals surface area contributed by atoms with Gasteiger partial charge in [-0.3, -0.25) is 9.59 Å². The summed E-state index contributed by atoms with van der Waals surface area (Å²) < 4.78 is 12.1. The highest BCUT2D eigenvalue weighted by atomic mass is 16.7. The number of unbranched alkanes of at least 4 members (excludes halogenated alkanes) is 1. The van der Waals surface area contributed by atoms with Crippen molar-refractivity contribution in [2.45, 2.75) is 32.9 Å². The summed E-state index contributed by atoms with van der Waals surface area (Å²) in [6.45, 7) is 3.06. The Labute approximate surface area is 161 Å². The SMILES string of the molecule is CCCCn1nc(C(=O)NCc2ccc3c(c2)OCO3)c2ccccc2c1=O. The van der Waals surface area contributed by atoms with Gasteiger partial charge in [-0.25, -0.2) is 4.68 Å². The number of aromatic nitrogens is 2. The van der Waals surface area contributed by atoms with Gasteiger partial charge in [0.2, 0.25) is 6.79 Å². The van der Waals surface area contributed by atoms with Gasteiger partial charge in [0.05, 0.1) is 5.39 Å². The zero-order valence-corrected chi connectivity index (χ0v) is 15.6. The van der Waals surface area contributed by atoms with Crippen LogP contribution in [0.15, 0.2) is 47.3 Å². The number of carbonyl (C=O) groups is 1. The van der Waals surface area contributed by atoms with Gasteiger partial charge in [0, 0.05) is 18.5 Å². The number of ether oxygens (including phenoxy) is 2. The van der Waals surface area contributed by atoms with E-state index in [0.717, 1.165) is 18.4 Å². The largest absolute Gasteiger partial charge is 0.454 e. The summed E-state index contributed by atoms with van der Waals surface area (Å²) in [4.78, 5) is 25.5. The first-order valence-corrected chi connectivity index (χ1v) is 9.34. The highest BCUT2D eigenvalue weighted by Crippen LogP contribution is 2.32. The molecule has 1 aromatic heterocycles. The molecule has 1 aliphatic heterocycles. The monoisotopic (exact) mass is 379 g/mol. The van der Waals surface area contributed by atoms with Crippen molar-refractivity contribution in [3.63, 3.8) is 0 Å². The second-order valence-electron chi connectivity index (χ2n) is 6.65. The Hall–Kier alpha value is -3.35. The highest BCUT2D eigenvalue weighted by Gasteiger charge is 2.17. The minimum Gasteiger partial charge on any atom is -0.454 e. The van der Waals surface area contributed by atoms with Gasteiger partial charge >= 0.3 is 0 Å². The summed E-state index contributed by atoms with van der Waals surface area (Å²) in [5.41, 5.74) is 0.977. The molecule has 0 atom stereocenters. The fraction of sp³-hybridized carbons (Fsp3) is 0.286. The third-order valence-electron chi connectivity index (χ3n) is 4.70. The molecule has 2 aromatic carbocycles. The lowest BCUT2D eigenvalue weighted by molar-refractivity contribution is 0.0945. The topological polar surface area (TPSA) is 82.5 Å². The predicted molar refractivity (Wildman–Crippen MR) is 105 cm³/mol. The molecule has 0 aliphatic carbocycles. The molecule has 7 nitrogen and oxygen atoms in total. The van der Waals surface area contributed by atoms with E-state index in [-0.39, 0.29) is 24.0 Å². The Morgan fingerprint density at radius 2 is 1.93 bits per heavy atom. The van der Waals surface area contributed by atoms with Crippen molar-refractivity contribution in [2.75, 3.05) is 6.79 Å². The lowest BCUT2D eigenvalue weighted by Crippen LogP contribution is -2.30. The average Bonchev–Trinajstić information content (AvgIpc) is 3.19. The summed E-state index contributed by atoms with van der Waals surface area (Å²) in [5, 5.41) is 8.30. The second kappa shape index (κ2) is 7.72. The van der Waals surface area contributed by atoms with E-state index in [2.05, 4.69) is 10.4 Å². The van der Waals surface area contributed by atoms with E-state index in [1.54, 1.807) is 24.3 Å². The molecule has 0 radical (unpaired) electrons. The van der Waals surface area contributed by atoms with Crippen LogP contribution in [0, 0.1) is 0 Å². The van der Waals surface area contributed by atoms with E-state index in [1.807, 2.05) is 25.1 Å². The molecular formula is C21H21N3O4. The van der Waals surface area contributed by atoms with E-state index in [9.17, 15) is 9.59 Å². The van der Waals surface area contributed by atoms with Gasteiger partial charge in [-0.05, 0) is 30.2 Å². The van der Waals surface area contributed by atoms with Crippen molar-refractivity contribution in [1.29, 1.82) is 0 Å². The summed E-state index contributed by atoms with van der Waals surface area (Å²) in [6, 6.07) is 12.6. The number of amides is 1. The number of aryl methyl sites for hydroxylation is 1. The van der Waals surface area contributed by atoms with Crippen LogP contribution >= 0.6 is 0 Å². The molecule has 1 aliphatic rings. The van der Waals surface area contributed by atoms with Crippen molar-refractivity contribution in [3.8, 4) is 11.5 Å². The van der Waals surface area contributed by atoms with Gasteiger partial charge in [-0.1, -0.05) is 37.6 Å². The van der Waals surface area contributed by atoms with E-state index in [0.29, 0.717) is 35.4 Å². The number of rotatable bonds is 6. The van der Waals surface area contributed by atoms with Gasteiger partial charge in [-0.2, -0.15) is 5.10 Å². The van der Waals surface area contributed by atoms with Crippen LogP contribution in [0.3, 0.4) is 0 Å². The number of nitrogens with one attached hydrogen (secondary N) is 1. The number of benzene rings is 2. The summed E-state index contributed by atoms with van der Waals surface area (Å²) >= 11 is 0. The van der Waals surface area contributed by atoms with Crippen LogP contribution in [-0.2, 0) is 13.1 Å². The molecule has 144 valence electrons. The Morgan fingerprint density at radius 3 is 2.75 bits per heavy atom. The van der Waals surface area contributed by atoms with E-state index in [4.69, 9.17) is 9.47 Å². The van der Waals surface area contributed by atoms with E-state index >= 15 is 0 Å². The summed E-state index contributed by atoms with van der Waals surface area (Å²) in [5.74, 6) is 1.05. The van der Waals surface area contributed by atoms with Gasteiger partial charge in [-0.15, -0.1) is 0 Å². The molecule has 0 unspecified atom stereocenters. The average molecular weight is 379 g/mol. The maximum absolute atomic E-state index is 12.9. The molecule has 4 rings (SSSR count). The smallest absolute Gasteiger partial charge is 0.274 e. The molecule has 1 N–H and O–H groups in total. The first-order chi connectivity index (χ1) is 13.7. The van der Waals surface area contributed by atoms with E-state index < -0.39 is 0 Å². The summed E-state index contributed by atoms with van der Waals surface area (Å²) in [7, 11) is 0. The molecule has 1 amide bonds. The van der Waals surface area contributed by atoms with Gasteiger partial charge < -0.3 is 14.8 Å². The molecule has 0 saturated carbocycles. The zero-order valence-electron chi connectivity index (χ0n) is 15.6. The maximum Gasteiger partial charge on any atom is 0.274 e. The highest BCUT2D eigenvalue weighted by molar-refractivity contribution is 6.04. The van der Waals surface area contributed by atoms with Crippen molar-refractivity contribution in [2.24, 2.45) is 0 Å². The normalized spacial score (nSPS) is 12.3. The fourth-order valence-corrected chi connectivity index (χ4v) is 3.18. The van der Waals surface area contributed by atoms with Gasteiger partial charge in [0.25, 0.3) is 11.5 Å². The molecule has 0 fully saturated rings. The number of fused-ring (bicyclic) bond motifs is 2. The molecule has 0 bridgehead atoms. The first kappa shape index (κ1) is 18.0. The van der Waals surface area contributed by atoms with E-state index in [1.165, 1.54) is 4.68 Å². The lowest BCUT2D eigenvalue weighted by Gasteiger charge is -2.11. The lowest BCUT2D eigenvalue weighted by atomic mass is 10.1. The van der Waals surface area contributed by atoms with Crippen molar-refractivity contribution in [3.05, 3.63) is 64.1 Å². The van der Waals surface area contributed by atoms with Crippen molar-refractivity contribution < 1.29 is 14.3 Å². The molecule has 0 saturated heterocycles. The molecule has 0 spiro atoms. The molecule has 7 heteroatoms.